The molecule has 0 amide bonds. The molecule has 2 atom stereocenters. The van der Waals surface area contributed by atoms with E-state index in [1.807, 2.05) is 0 Å². The third-order valence-corrected chi connectivity index (χ3v) is 2.20. The van der Waals surface area contributed by atoms with E-state index in [-0.39, 0.29) is 12.7 Å². The molecule has 0 aliphatic heterocycles. The molecular weight excluding hydrogens is 186 g/mol. The van der Waals surface area contributed by atoms with Gasteiger partial charge in [-0.3, -0.25) is 4.79 Å². The number of carboxylic acid groups (broad SMARTS) is 1. The fourth-order valence-corrected chi connectivity index (χ4v) is 1.36. The van der Waals surface area contributed by atoms with E-state index in [0.29, 0.717) is 6.42 Å². The highest BCUT2D eigenvalue weighted by atomic mass is 32.1. The maximum atomic E-state index is 10.3. The van der Waals surface area contributed by atoms with Crippen LogP contribution in [0.5, 0.6) is 0 Å². The first-order valence-corrected chi connectivity index (χ1v) is 4.76. The molecule has 0 heterocycles. The smallest absolute Gasteiger partial charge is 0.320 e. The number of hydrogen-bond donors (Lipinski definition) is 3. The Kier molecular flexibility index (Phi) is 9.84. The number of hydrogen-bond acceptors (Lipinski definition) is 3. The fraction of sp³-hybridized carbons (Fsp3) is 0.889. The number of aliphatic carboxylic acids is 1. The van der Waals surface area contributed by atoms with Crippen molar-refractivity contribution in [3.05, 3.63) is 0 Å². The van der Waals surface area contributed by atoms with Crippen LogP contribution in [-0.4, -0.2) is 22.4 Å². The quantitative estimate of drug-likeness (QED) is 0.583. The average molecular weight is 207 g/mol. The molecule has 13 heavy (non-hydrogen) atoms. The van der Waals surface area contributed by atoms with Gasteiger partial charge in [0.25, 0.3) is 0 Å². The summed E-state index contributed by atoms with van der Waals surface area (Å²) in [6.45, 7) is 2.09. The van der Waals surface area contributed by atoms with Gasteiger partial charge in [-0.2, -0.15) is 12.6 Å². The third-order valence-electron chi connectivity index (χ3n) is 1.73. The highest BCUT2D eigenvalue weighted by Crippen LogP contribution is 2.12. The summed E-state index contributed by atoms with van der Waals surface area (Å²) >= 11 is 4.25. The van der Waals surface area contributed by atoms with Crippen molar-refractivity contribution in [3.8, 4) is 0 Å². The van der Waals surface area contributed by atoms with E-state index in [1.165, 1.54) is 0 Å². The lowest BCUT2D eigenvalue weighted by atomic mass is 10.1. The summed E-state index contributed by atoms with van der Waals surface area (Å²) in [5.74, 6) is -0.939. The van der Waals surface area contributed by atoms with E-state index in [0.717, 1.165) is 19.3 Å². The Morgan fingerprint density at radius 3 is 2.54 bits per heavy atom. The van der Waals surface area contributed by atoms with Crippen LogP contribution < -0.4 is 5.73 Å². The van der Waals surface area contributed by atoms with Crippen molar-refractivity contribution in [2.24, 2.45) is 5.73 Å². The number of carbonyl (C=O) groups is 1. The molecule has 0 fully saturated rings. The van der Waals surface area contributed by atoms with Gasteiger partial charge in [0, 0.05) is 5.25 Å². The van der Waals surface area contributed by atoms with Crippen LogP contribution in [-0.2, 0) is 4.79 Å². The van der Waals surface area contributed by atoms with Gasteiger partial charge in [0.2, 0.25) is 0 Å². The molecule has 0 aromatic carbocycles. The van der Waals surface area contributed by atoms with Gasteiger partial charge >= 0.3 is 5.97 Å². The normalized spacial score (nSPS) is 14.4. The van der Waals surface area contributed by atoms with Gasteiger partial charge in [0.05, 0.1) is 0 Å². The fourth-order valence-electron chi connectivity index (χ4n) is 0.952. The summed E-state index contributed by atoms with van der Waals surface area (Å²) in [4.78, 5) is 10.3. The molecule has 3 nitrogen and oxygen atoms in total. The zero-order chi connectivity index (χ0) is 9.56. The molecule has 3 N–H and O–H groups in total. The molecule has 0 aliphatic carbocycles. The number of nitrogens with two attached hydrogens (primary N) is 1. The monoisotopic (exact) mass is 207 g/mol. The first kappa shape index (κ1) is 15.3. The van der Waals surface area contributed by atoms with Crippen molar-refractivity contribution in [1.82, 2.24) is 0 Å². The second-order valence-electron chi connectivity index (χ2n) is 2.98. The number of thiol groups is 1. The predicted octanol–water partition coefficient (Wildman–Crippen LogP) is 1.91. The van der Waals surface area contributed by atoms with E-state index in [9.17, 15) is 4.79 Å². The first-order valence-electron chi connectivity index (χ1n) is 4.24. The number of carboxylic acids is 1. The van der Waals surface area contributed by atoms with Crippen LogP contribution in [0.1, 0.15) is 40.0 Å². The standard InChI is InChI=1S/C8H17NO2S.CH4/c1-2-3-4-6(12)5-7(9)8(10)11;/h6-7,12H,2-5,9H2,1H3,(H,10,11);1H4. The SMILES string of the molecule is C.CCCCC(S)CC(N)C(=O)O. The Morgan fingerprint density at radius 2 is 2.15 bits per heavy atom. The highest BCUT2D eigenvalue weighted by Gasteiger charge is 2.15. The van der Waals surface area contributed by atoms with Gasteiger partial charge < -0.3 is 10.8 Å². The minimum atomic E-state index is -0.939. The van der Waals surface area contributed by atoms with Crippen LogP contribution in [0, 0.1) is 0 Å². The minimum Gasteiger partial charge on any atom is -0.480 e. The molecule has 0 spiro atoms. The maximum absolute atomic E-state index is 10.3. The van der Waals surface area contributed by atoms with Crippen LogP contribution in [0.4, 0.5) is 0 Å². The van der Waals surface area contributed by atoms with E-state index in [4.69, 9.17) is 10.8 Å². The van der Waals surface area contributed by atoms with Crippen molar-refractivity contribution >= 4 is 18.6 Å². The van der Waals surface area contributed by atoms with E-state index in [2.05, 4.69) is 19.6 Å². The van der Waals surface area contributed by atoms with Crippen molar-refractivity contribution < 1.29 is 9.90 Å². The molecule has 2 unspecified atom stereocenters. The minimum absolute atomic E-state index is 0. The molecule has 0 rings (SSSR count). The third kappa shape index (κ3) is 8.12. The Balaban J connectivity index is 0. The van der Waals surface area contributed by atoms with E-state index in [1.54, 1.807) is 0 Å². The lowest BCUT2D eigenvalue weighted by Crippen LogP contribution is -2.32. The molecular formula is C9H21NO2S. The van der Waals surface area contributed by atoms with Crippen LogP contribution in [0.15, 0.2) is 0 Å². The average Bonchev–Trinajstić information content (AvgIpc) is 2.00. The highest BCUT2D eigenvalue weighted by molar-refractivity contribution is 7.80. The van der Waals surface area contributed by atoms with Gasteiger partial charge in [-0.15, -0.1) is 0 Å². The van der Waals surface area contributed by atoms with Gasteiger partial charge in [-0.25, -0.2) is 0 Å². The Labute approximate surface area is 86.1 Å². The van der Waals surface area contributed by atoms with Crippen molar-refractivity contribution in [2.75, 3.05) is 0 Å². The molecule has 0 aromatic heterocycles. The number of rotatable bonds is 6. The zero-order valence-electron chi connectivity index (χ0n) is 7.36. The molecule has 4 heteroatoms. The lowest BCUT2D eigenvalue weighted by molar-refractivity contribution is -0.138. The Bertz CT molecular complexity index is 142. The molecule has 0 bridgehead atoms. The van der Waals surface area contributed by atoms with Crippen molar-refractivity contribution in [2.45, 2.75) is 51.3 Å². The Hall–Kier alpha value is -0.220. The predicted molar refractivity (Wildman–Crippen MR) is 59.3 cm³/mol. The molecule has 0 radical (unpaired) electrons. The van der Waals surface area contributed by atoms with Crippen LogP contribution in [0.2, 0.25) is 0 Å². The summed E-state index contributed by atoms with van der Waals surface area (Å²) in [5, 5.41) is 8.62. The zero-order valence-corrected chi connectivity index (χ0v) is 8.26. The van der Waals surface area contributed by atoms with E-state index < -0.39 is 12.0 Å². The molecule has 0 aliphatic rings. The summed E-state index contributed by atoms with van der Waals surface area (Å²) in [7, 11) is 0. The van der Waals surface area contributed by atoms with Gasteiger partial charge in [0.15, 0.2) is 0 Å². The van der Waals surface area contributed by atoms with E-state index >= 15 is 0 Å². The second kappa shape index (κ2) is 8.38. The van der Waals surface area contributed by atoms with Crippen LogP contribution in [0.25, 0.3) is 0 Å². The maximum Gasteiger partial charge on any atom is 0.320 e. The summed E-state index contributed by atoms with van der Waals surface area (Å²) in [6.07, 6.45) is 3.60. The van der Waals surface area contributed by atoms with Gasteiger partial charge in [-0.05, 0) is 12.8 Å². The van der Waals surface area contributed by atoms with Gasteiger partial charge in [-0.1, -0.05) is 27.2 Å². The topological polar surface area (TPSA) is 63.3 Å². The molecule has 0 aromatic rings. The second-order valence-corrected chi connectivity index (χ2v) is 3.71. The van der Waals surface area contributed by atoms with Crippen LogP contribution >= 0.6 is 12.6 Å². The van der Waals surface area contributed by atoms with Crippen molar-refractivity contribution in [1.29, 1.82) is 0 Å². The Morgan fingerprint density at radius 1 is 1.62 bits per heavy atom. The molecule has 0 saturated carbocycles. The molecule has 80 valence electrons. The molecule has 0 saturated heterocycles. The summed E-state index contributed by atoms with van der Waals surface area (Å²) < 4.78 is 0. The largest absolute Gasteiger partial charge is 0.480 e. The van der Waals surface area contributed by atoms with Crippen molar-refractivity contribution in [3.63, 3.8) is 0 Å². The lowest BCUT2D eigenvalue weighted by Gasteiger charge is -2.12. The van der Waals surface area contributed by atoms with Crippen LogP contribution in [0.3, 0.4) is 0 Å². The van der Waals surface area contributed by atoms with Gasteiger partial charge in [0.1, 0.15) is 6.04 Å². The summed E-state index contributed by atoms with van der Waals surface area (Å²) in [6, 6.07) is -0.760. The summed E-state index contributed by atoms with van der Waals surface area (Å²) in [5.41, 5.74) is 5.34. The number of unbranched alkanes of at least 4 members (excludes halogenated alkanes) is 1. The first-order chi connectivity index (χ1) is 5.57.